The molecule has 0 aliphatic heterocycles. The van der Waals surface area contributed by atoms with Crippen molar-refractivity contribution >= 4 is 11.8 Å². The summed E-state index contributed by atoms with van der Waals surface area (Å²) >= 11 is 0. The van der Waals surface area contributed by atoms with E-state index in [0.29, 0.717) is 11.5 Å². The third kappa shape index (κ3) is 4.06. The number of esters is 1. The zero-order valence-corrected chi connectivity index (χ0v) is 15.7. The summed E-state index contributed by atoms with van der Waals surface area (Å²) < 4.78 is 7.45. The SMILES string of the molecule is CC(C)(C)OC(=O)c1[nH]c(N)c(-[n+]2ccccc2)c1-c1ccccc1.[Cl-]. The topological polar surface area (TPSA) is 72.0 Å². The van der Waals surface area contributed by atoms with E-state index in [4.69, 9.17) is 10.5 Å². The number of hydrogen-bond donors (Lipinski definition) is 2. The first kappa shape index (κ1) is 19.5. The predicted octanol–water partition coefficient (Wildman–Crippen LogP) is 0.500. The van der Waals surface area contributed by atoms with Crippen molar-refractivity contribution in [3.63, 3.8) is 0 Å². The molecule has 0 amide bonds. The number of ether oxygens (including phenoxy) is 1. The van der Waals surface area contributed by atoms with Gasteiger partial charge in [0.15, 0.2) is 18.2 Å². The van der Waals surface area contributed by atoms with Crippen molar-refractivity contribution in [3.05, 3.63) is 66.6 Å². The molecule has 3 N–H and O–H groups in total. The number of H-pyrrole nitrogens is 1. The highest BCUT2D eigenvalue weighted by Gasteiger charge is 2.31. The molecule has 0 saturated carbocycles. The Balaban J connectivity index is 0.00000243. The van der Waals surface area contributed by atoms with Crippen LogP contribution < -0.4 is 22.7 Å². The number of carbonyl (C=O) groups excluding carboxylic acids is 1. The number of carbonyl (C=O) groups is 1. The zero-order chi connectivity index (χ0) is 18.0. The Morgan fingerprint density at radius 1 is 1.04 bits per heavy atom. The average molecular weight is 372 g/mol. The van der Waals surface area contributed by atoms with Crippen LogP contribution >= 0.6 is 0 Å². The molecule has 3 rings (SSSR count). The fraction of sp³-hybridized carbons (Fsp3) is 0.200. The van der Waals surface area contributed by atoms with Crippen LogP contribution in [0.25, 0.3) is 16.8 Å². The summed E-state index contributed by atoms with van der Waals surface area (Å²) in [6, 6.07) is 15.4. The van der Waals surface area contributed by atoms with Gasteiger partial charge >= 0.3 is 5.97 Å². The Labute approximate surface area is 159 Å². The molecule has 2 heterocycles. The van der Waals surface area contributed by atoms with E-state index >= 15 is 0 Å². The first-order valence-corrected chi connectivity index (χ1v) is 8.14. The molecular weight excluding hydrogens is 350 g/mol. The number of aromatic amines is 1. The molecule has 0 bridgehead atoms. The van der Waals surface area contributed by atoms with Crippen LogP contribution in [0, 0.1) is 0 Å². The summed E-state index contributed by atoms with van der Waals surface area (Å²) in [4.78, 5) is 15.7. The van der Waals surface area contributed by atoms with Crippen molar-refractivity contribution in [2.75, 3.05) is 5.73 Å². The number of halogens is 1. The van der Waals surface area contributed by atoms with Crippen molar-refractivity contribution in [1.29, 1.82) is 0 Å². The van der Waals surface area contributed by atoms with Crippen molar-refractivity contribution in [3.8, 4) is 16.8 Å². The van der Waals surface area contributed by atoms with Gasteiger partial charge in [0.25, 0.3) is 5.69 Å². The second-order valence-corrected chi connectivity index (χ2v) is 6.79. The summed E-state index contributed by atoms with van der Waals surface area (Å²) in [5, 5.41) is 0. The second kappa shape index (κ2) is 7.62. The maximum atomic E-state index is 12.7. The van der Waals surface area contributed by atoms with Crippen molar-refractivity contribution in [2.45, 2.75) is 26.4 Å². The van der Waals surface area contributed by atoms with Crippen molar-refractivity contribution in [2.24, 2.45) is 0 Å². The van der Waals surface area contributed by atoms with Crippen molar-refractivity contribution < 1.29 is 26.5 Å². The number of anilines is 1. The maximum Gasteiger partial charge on any atom is 0.356 e. The molecule has 0 fully saturated rings. The van der Waals surface area contributed by atoms with Crippen molar-refractivity contribution in [1.82, 2.24) is 4.98 Å². The van der Waals surface area contributed by atoms with Crippen LogP contribution in [-0.2, 0) is 4.74 Å². The molecule has 3 aromatic rings. The molecule has 5 nitrogen and oxygen atoms in total. The van der Waals surface area contributed by atoms with E-state index < -0.39 is 11.6 Å². The lowest BCUT2D eigenvalue weighted by molar-refractivity contribution is -0.594. The van der Waals surface area contributed by atoms with Gasteiger partial charge in [-0.2, -0.15) is 4.57 Å². The normalized spacial score (nSPS) is 10.9. The predicted molar refractivity (Wildman–Crippen MR) is 97.3 cm³/mol. The Morgan fingerprint density at radius 3 is 2.19 bits per heavy atom. The van der Waals surface area contributed by atoms with Gasteiger partial charge in [-0.05, 0) is 26.3 Å². The Hall–Kier alpha value is -2.79. The average Bonchev–Trinajstić information content (AvgIpc) is 2.92. The lowest BCUT2D eigenvalue weighted by Crippen LogP contribution is -3.00. The number of rotatable bonds is 3. The van der Waals surface area contributed by atoms with Crippen LogP contribution in [0.2, 0.25) is 0 Å². The quantitative estimate of drug-likeness (QED) is 0.520. The van der Waals surface area contributed by atoms with E-state index in [2.05, 4.69) is 4.98 Å². The van der Waals surface area contributed by atoms with Crippen LogP contribution in [0.4, 0.5) is 5.82 Å². The van der Waals surface area contributed by atoms with E-state index in [0.717, 1.165) is 16.8 Å². The van der Waals surface area contributed by atoms with Gasteiger partial charge in [-0.15, -0.1) is 0 Å². The highest BCUT2D eigenvalue weighted by atomic mass is 35.5. The highest BCUT2D eigenvalue weighted by molar-refractivity contribution is 6.00. The molecule has 0 spiro atoms. The monoisotopic (exact) mass is 371 g/mol. The number of pyridine rings is 1. The first-order valence-electron chi connectivity index (χ1n) is 8.14. The number of nitrogens with two attached hydrogens (primary N) is 1. The maximum absolute atomic E-state index is 12.7. The van der Waals surface area contributed by atoms with Gasteiger partial charge in [0.05, 0.1) is 5.56 Å². The standard InChI is InChI=1S/C20H21N3O2.ClH/c1-20(2,3)25-19(24)16-15(14-10-6-4-7-11-14)17(18(21)22-16)23-12-8-5-9-13-23;/h4-13H,1-3H3,(H2-,21,22,24);1H. The highest BCUT2D eigenvalue weighted by Crippen LogP contribution is 2.33. The lowest BCUT2D eigenvalue weighted by Gasteiger charge is -2.19. The molecule has 0 atom stereocenters. The Kier molecular flexibility index (Phi) is 5.73. The number of hydrogen-bond acceptors (Lipinski definition) is 3. The van der Waals surface area contributed by atoms with E-state index in [-0.39, 0.29) is 12.4 Å². The lowest BCUT2D eigenvalue weighted by atomic mass is 10.0. The minimum absolute atomic E-state index is 0. The molecule has 0 saturated heterocycles. The third-order valence-corrected chi connectivity index (χ3v) is 3.64. The molecule has 0 radical (unpaired) electrons. The molecule has 0 unspecified atom stereocenters. The van der Waals surface area contributed by atoms with Crippen LogP contribution in [0.15, 0.2) is 60.9 Å². The first-order chi connectivity index (χ1) is 11.9. The summed E-state index contributed by atoms with van der Waals surface area (Å²) in [6.45, 7) is 5.52. The minimum atomic E-state index is -0.592. The van der Waals surface area contributed by atoms with Gasteiger partial charge in [0.1, 0.15) is 11.3 Å². The molecule has 136 valence electrons. The van der Waals surface area contributed by atoms with Crippen LogP contribution in [-0.4, -0.2) is 16.6 Å². The van der Waals surface area contributed by atoms with E-state index in [1.165, 1.54) is 0 Å². The number of aromatic nitrogens is 2. The molecule has 0 aliphatic rings. The van der Waals surface area contributed by atoms with Gasteiger partial charge in [0, 0.05) is 12.1 Å². The molecule has 0 aliphatic carbocycles. The summed E-state index contributed by atoms with van der Waals surface area (Å²) in [5.74, 6) is -0.0169. The van der Waals surface area contributed by atoms with Crippen LogP contribution in [0.3, 0.4) is 0 Å². The smallest absolute Gasteiger partial charge is 0.356 e. The largest absolute Gasteiger partial charge is 1.00 e. The van der Waals surface area contributed by atoms with E-state index in [9.17, 15) is 4.79 Å². The Bertz CT molecular complexity index is 885. The zero-order valence-electron chi connectivity index (χ0n) is 15.0. The third-order valence-electron chi connectivity index (χ3n) is 3.64. The van der Waals surface area contributed by atoms with Gasteiger partial charge in [-0.3, -0.25) is 0 Å². The van der Waals surface area contributed by atoms with Gasteiger partial charge in [-0.25, -0.2) is 4.79 Å². The molecular formula is C20H22ClN3O2. The van der Waals surface area contributed by atoms with Crippen LogP contribution in [0.5, 0.6) is 0 Å². The molecule has 2 aromatic heterocycles. The summed E-state index contributed by atoms with van der Waals surface area (Å²) in [5.41, 5.74) is 8.33. The van der Waals surface area contributed by atoms with Gasteiger partial charge in [-0.1, -0.05) is 36.4 Å². The second-order valence-electron chi connectivity index (χ2n) is 6.79. The molecule has 1 aromatic carbocycles. The fourth-order valence-corrected chi connectivity index (χ4v) is 2.69. The minimum Gasteiger partial charge on any atom is -1.00 e. The number of nitrogens with one attached hydrogen (secondary N) is 1. The van der Waals surface area contributed by atoms with Crippen LogP contribution in [0.1, 0.15) is 31.3 Å². The molecule has 6 heteroatoms. The van der Waals surface area contributed by atoms with E-state index in [1.54, 1.807) is 0 Å². The molecule has 26 heavy (non-hydrogen) atoms. The van der Waals surface area contributed by atoms with Gasteiger partial charge < -0.3 is 27.9 Å². The number of benzene rings is 1. The fourth-order valence-electron chi connectivity index (χ4n) is 2.69. The Morgan fingerprint density at radius 2 is 1.62 bits per heavy atom. The number of nitrogen functional groups attached to an aromatic ring is 1. The number of nitrogens with zero attached hydrogens (tertiary/aromatic N) is 1. The van der Waals surface area contributed by atoms with E-state index in [1.807, 2.05) is 86.3 Å². The van der Waals surface area contributed by atoms with Gasteiger partial charge in [0.2, 0.25) is 0 Å². The summed E-state index contributed by atoms with van der Waals surface area (Å²) in [7, 11) is 0. The summed E-state index contributed by atoms with van der Waals surface area (Å²) in [6.07, 6.45) is 3.79.